The Morgan fingerprint density at radius 3 is 1.94 bits per heavy atom. The fourth-order valence-electron chi connectivity index (χ4n) is 8.41. The van der Waals surface area contributed by atoms with E-state index in [0.29, 0.717) is 5.92 Å². The smallest absolute Gasteiger partial charge is 0.135 e. The van der Waals surface area contributed by atoms with Crippen molar-refractivity contribution in [1.82, 2.24) is 0 Å². The number of anilines is 3. The number of benzene rings is 7. The van der Waals surface area contributed by atoms with Gasteiger partial charge in [-0.3, -0.25) is 0 Å². The normalized spacial score (nSPS) is 14.3. The monoisotopic (exact) mass is 667 g/mol. The number of rotatable bonds is 6. The van der Waals surface area contributed by atoms with E-state index < -0.39 is 0 Å². The van der Waals surface area contributed by atoms with Gasteiger partial charge in [-0.05, 0) is 93.0 Å². The fourth-order valence-corrected chi connectivity index (χ4v) is 8.41. The van der Waals surface area contributed by atoms with Gasteiger partial charge in [0.05, 0.1) is 5.69 Å². The predicted octanol–water partition coefficient (Wildman–Crippen LogP) is 13.9. The first-order valence-electron chi connectivity index (χ1n) is 18.1. The standard InChI is InChI=1S/C50H37NO/c1-50(2)45-30-37(35-22-20-34(21-23-35)33-12-6-7-13-33)24-27-41(45)42-28-25-39(32-46(42)50)51(47-18-10-8-16-40(47)36-14-4-3-5-15-36)38-26-29-49-44(31-38)43-17-9-11-19-48(43)52-49/h3-33H,1-2H3. The van der Waals surface area contributed by atoms with E-state index in [0.717, 1.165) is 39.0 Å². The van der Waals surface area contributed by atoms with Crippen LogP contribution in [0.1, 0.15) is 36.5 Å². The first-order valence-corrected chi connectivity index (χ1v) is 18.1. The van der Waals surface area contributed by atoms with Crippen molar-refractivity contribution in [2.24, 2.45) is 0 Å². The van der Waals surface area contributed by atoms with Crippen molar-refractivity contribution < 1.29 is 4.42 Å². The van der Waals surface area contributed by atoms with Crippen molar-refractivity contribution in [3.8, 4) is 33.4 Å². The lowest BCUT2D eigenvalue weighted by molar-refractivity contribution is 0.660. The molecule has 0 radical (unpaired) electrons. The molecule has 0 fully saturated rings. The molecule has 7 aromatic carbocycles. The molecule has 2 nitrogen and oxygen atoms in total. The lowest BCUT2D eigenvalue weighted by atomic mass is 9.81. The maximum atomic E-state index is 6.26. The van der Waals surface area contributed by atoms with Gasteiger partial charge in [-0.25, -0.2) is 0 Å². The molecule has 0 saturated heterocycles. The third-order valence-electron chi connectivity index (χ3n) is 11.1. The van der Waals surface area contributed by atoms with Gasteiger partial charge in [-0.15, -0.1) is 0 Å². The van der Waals surface area contributed by atoms with Crippen LogP contribution in [0.15, 0.2) is 186 Å². The summed E-state index contributed by atoms with van der Waals surface area (Å²) in [7, 11) is 0. The first-order chi connectivity index (χ1) is 25.5. The van der Waals surface area contributed by atoms with E-state index >= 15 is 0 Å². The van der Waals surface area contributed by atoms with E-state index in [1.54, 1.807) is 0 Å². The number of hydrogen-bond donors (Lipinski definition) is 0. The van der Waals surface area contributed by atoms with Crippen molar-refractivity contribution in [3.05, 3.63) is 199 Å². The molecule has 8 aromatic rings. The Morgan fingerprint density at radius 2 is 1.12 bits per heavy atom. The highest BCUT2D eigenvalue weighted by molar-refractivity contribution is 6.07. The summed E-state index contributed by atoms with van der Waals surface area (Å²) in [5.74, 6) is 0.372. The second kappa shape index (κ2) is 11.9. The van der Waals surface area contributed by atoms with Gasteiger partial charge in [0.2, 0.25) is 0 Å². The van der Waals surface area contributed by atoms with Crippen LogP contribution in [-0.2, 0) is 5.41 Å². The number of para-hydroxylation sites is 2. The van der Waals surface area contributed by atoms with Crippen molar-refractivity contribution in [3.63, 3.8) is 0 Å². The van der Waals surface area contributed by atoms with Gasteiger partial charge in [0, 0.05) is 39.0 Å². The van der Waals surface area contributed by atoms with E-state index in [1.807, 2.05) is 12.1 Å². The van der Waals surface area contributed by atoms with Gasteiger partial charge in [0.25, 0.3) is 0 Å². The molecule has 0 amide bonds. The topological polar surface area (TPSA) is 16.4 Å². The van der Waals surface area contributed by atoms with Crippen LogP contribution in [0.5, 0.6) is 0 Å². The number of furan rings is 1. The molecule has 52 heavy (non-hydrogen) atoms. The van der Waals surface area contributed by atoms with Crippen LogP contribution in [0.3, 0.4) is 0 Å². The van der Waals surface area contributed by atoms with Gasteiger partial charge in [0.1, 0.15) is 11.2 Å². The van der Waals surface area contributed by atoms with E-state index in [4.69, 9.17) is 4.42 Å². The van der Waals surface area contributed by atoms with Gasteiger partial charge in [-0.2, -0.15) is 0 Å². The lowest BCUT2D eigenvalue weighted by Crippen LogP contribution is -2.17. The second-order valence-electron chi connectivity index (χ2n) is 14.5. The van der Waals surface area contributed by atoms with Crippen LogP contribution < -0.4 is 4.90 Å². The SMILES string of the molecule is CC1(C)c2cc(-c3ccc(C4C=CC=C4)cc3)ccc2-c2ccc(N(c3ccc4oc5ccccc5c4c3)c3ccccc3-c3ccccc3)cc21. The quantitative estimate of drug-likeness (QED) is 0.175. The summed E-state index contributed by atoms with van der Waals surface area (Å²) in [5.41, 5.74) is 16.5. The highest BCUT2D eigenvalue weighted by Gasteiger charge is 2.36. The number of nitrogens with zero attached hydrogens (tertiary/aromatic N) is 1. The molecule has 1 heterocycles. The minimum Gasteiger partial charge on any atom is -0.456 e. The molecule has 2 heteroatoms. The molecule has 248 valence electrons. The zero-order chi connectivity index (χ0) is 34.8. The van der Waals surface area contributed by atoms with E-state index in [9.17, 15) is 0 Å². The Balaban J connectivity index is 1.10. The zero-order valence-corrected chi connectivity index (χ0v) is 29.3. The lowest BCUT2D eigenvalue weighted by Gasteiger charge is -2.30. The van der Waals surface area contributed by atoms with Crippen molar-refractivity contribution >= 4 is 39.0 Å². The van der Waals surface area contributed by atoms with Crippen LogP contribution in [0.2, 0.25) is 0 Å². The molecule has 2 aliphatic carbocycles. The van der Waals surface area contributed by atoms with Crippen LogP contribution in [0, 0.1) is 0 Å². The summed E-state index contributed by atoms with van der Waals surface area (Å²) >= 11 is 0. The average molecular weight is 668 g/mol. The van der Waals surface area contributed by atoms with E-state index in [-0.39, 0.29) is 5.41 Å². The second-order valence-corrected chi connectivity index (χ2v) is 14.5. The molecule has 10 rings (SSSR count). The summed E-state index contributed by atoms with van der Waals surface area (Å²) in [6.45, 7) is 4.75. The Morgan fingerprint density at radius 1 is 0.481 bits per heavy atom. The highest BCUT2D eigenvalue weighted by atomic mass is 16.3. The summed E-state index contributed by atoms with van der Waals surface area (Å²) < 4.78 is 6.26. The van der Waals surface area contributed by atoms with Gasteiger partial charge < -0.3 is 9.32 Å². The Hall–Kier alpha value is -6.38. The van der Waals surface area contributed by atoms with Crippen LogP contribution in [0.25, 0.3) is 55.3 Å². The molecular formula is C50H37NO. The molecule has 0 spiro atoms. The van der Waals surface area contributed by atoms with Gasteiger partial charge in [-0.1, -0.05) is 147 Å². The minimum absolute atomic E-state index is 0.189. The molecule has 0 aliphatic heterocycles. The molecule has 0 N–H and O–H groups in total. The maximum Gasteiger partial charge on any atom is 0.135 e. The third kappa shape index (κ3) is 4.86. The minimum atomic E-state index is -0.189. The van der Waals surface area contributed by atoms with Crippen LogP contribution in [-0.4, -0.2) is 0 Å². The molecule has 0 saturated carbocycles. The van der Waals surface area contributed by atoms with E-state index in [2.05, 4.69) is 189 Å². The number of fused-ring (bicyclic) bond motifs is 6. The Labute approximate surface area is 304 Å². The van der Waals surface area contributed by atoms with Crippen LogP contribution in [0.4, 0.5) is 17.1 Å². The summed E-state index contributed by atoms with van der Waals surface area (Å²) in [5, 5.41) is 2.24. The summed E-state index contributed by atoms with van der Waals surface area (Å²) in [4.78, 5) is 2.42. The molecular weight excluding hydrogens is 631 g/mol. The molecule has 2 aliphatic rings. The average Bonchev–Trinajstić information content (AvgIpc) is 3.92. The Kier molecular flexibility index (Phi) is 6.94. The highest BCUT2D eigenvalue weighted by Crippen LogP contribution is 2.52. The van der Waals surface area contributed by atoms with Crippen molar-refractivity contribution in [2.45, 2.75) is 25.2 Å². The van der Waals surface area contributed by atoms with E-state index in [1.165, 1.54) is 50.1 Å². The Bertz CT molecular complexity index is 2700. The van der Waals surface area contributed by atoms with Crippen LogP contribution >= 0.6 is 0 Å². The predicted molar refractivity (Wildman–Crippen MR) is 218 cm³/mol. The largest absolute Gasteiger partial charge is 0.456 e. The zero-order valence-electron chi connectivity index (χ0n) is 29.3. The number of hydrogen-bond acceptors (Lipinski definition) is 2. The molecule has 1 aromatic heterocycles. The maximum absolute atomic E-state index is 6.26. The van der Waals surface area contributed by atoms with Crippen molar-refractivity contribution in [2.75, 3.05) is 4.90 Å². The summed E-state index contributed by atoms with van der Waals surface area (Å²) in [6.07, 6.45) is 8.76. The number of allylic oxidation sites excluding steroid dienone is 4. The fraction of sp³-hybridized carbons (Fsp3) is 0.0800. The van der Waals surface area contributed by atoms with Gasteiger partial charge >= 0.3 is 0 Å². The molecule has 0 atom stereocenters. The molecule has 0 bridgehead atoms. The van der Waals surface area contributed by atoms with Gasteiger partial charge in [0.15, 0.2) is 0 Å². The third-order valence-corrected chi connectivity index (χ3v) is 11.1. The first kappa shape index (κ1) is 30.4. The molecule has 0 unspecified atom stereocenters. The summed E-state index contributed by atoms with van der Waals surface area (Å²) in [6, 6.07) is 57.5. The van der Waals surface area contributed by atoms with Crippen molar-refractivity contribution in [1.29, 1.82) is 0 Å².